The van der Waals surface area contributed by atoms with E-state index in [4.69, 9.17) is 20.6 Å². The Morgan fingerprint density at radius 2 is 0.419 bits per heavy atom. The summed E-state index contributed by atoms with van der Waals surface area (Å²) in [6, 6.07) is 144. The zero-order valence-electron chi connectivity index (χ0n) is 90.7. The van der Waals surface area contributed by atoms with Crippen LogP contribution in [0.15, 0.2) is 414 Å². The molecule has 0 bridgehead atoms. The Morgan fingerprint density at radius 1 is 0.176 bits per heavy atom. The van der Waals surface area contributed by atoms with Gasteiger partial charge in [-0.1, -0.05) is 260 Å². The summed E-state index contributed by atoms with van der Waals surface area (Å²) < 4.78 is 111. The Hall–Kier alpha value is -13.6. The van der Waals surface area contributed by atoms with Crippen LogP contribution in [0.25, 0.3) is 135 Å². The van der Waals surface area contributed by atoms with E-state index in [0.717, 1.165) is 118 Å². The van der Waals surface area contributed by atoms with E-state index in [1.54, 1.807) is 70.3 Å². The summed E-state index contributed by atoms with van der Waals surface area (Å²) in [5, 5.41) is 0. The molecule has 8 nitrogen and oxygen atoms in total. The normalized spacial score (nSPS) is 12.1. The number of benzene rings is 12. The van der Waals surface area contributed by atoms with Crippen LogP contribution in [-0.4, -0.2) is 39.9 Å². The van der Waals surface area contributed by atoms with Gasteiger partial charge in [0.05, 0.1) is 0 Å². The topological polar surface area (TPSA) is 103 Å². The van der Waals surface area contributed by atoms with Gasteiger partial charge in [0.2, 0.25) is 0 Å². The van der Waals surface area contributed by atoms with Gasteiger partial charge in [0, 0.05) is 151 Å². The van der Waals surface area contributed by atoms with Crippen LogP contribution in [0, 0.1) is 131 Å². The predicted molar refractivity (Wildman–Crippen MR) is 547 cm³/mol. The van der Waals surface area contributed by atoms with Crippen molar-refractivity contribution in [2.24, 2.45) is 0 Å². The molecule has 4 radical (unpaired) electrons. The fraction of sp³-hybridized carbons (Fsp3) is 0.0968. The van der Waals surface area contributed by atoms with Gasteiger partial charge < -0.3 is 39.9 Å². The third-order valence-electron chi connectivity index (χ3n) is 20.9. The molecular weight excluding hydrogens is 2370 g/mol. The molecule has 0 unspecified atom stereocenters. The van der Waals surface area contributed by atoms with Gasteiger partial charge in [-0.15, -0.1) is 263 Å². The average Bonchev–Trinajstić information content (AvgIpc) is 0.825. The maximum absolute atomic E-state index is 7.37. The minimum Gasteiger partial charge on any atom is -0.305 e. The van der Waals surface area contributed by atoms with Gasteiger partial charge >= 0.3 is 0 Å². The summed E-state index contributed by atoms with van der Waals surface area (Å²) in [6.07, 6.45) is 12.7. The molecular formula is C124H104Ir4N8-8. The van der Waals surface area contributed by atoms with E-state index in [1.165, 1.54) is 81.1 Å². The van der Waals surface area contributed by atoms with Gasteiger partial charge in [0.25, 0.3) is 0 Å². The van der Waals surface area contributed by atoms with E-state index in [0.29, 0.717) is 27.9 Å². The third-order valence-corrected chi connectivity index (χ3v) is 20.9. The van der Waals surface area contributed by atoms with Gasteiger partial charge in [-0.3, -0.25) is 0 Å². The molecule has 0 fully saturated rings. The predicted octanol–water partition coefficient (Wildman–Crippen LogP) is 30.7. The molecule has 8 heterocycles. The zero-order chi connectivity index (χ0) is 105. The van der Waals surface area contributed by atoms with Crippen LogP contribution in [0.3, 0.4) is 0 Å². The maximum Gasteiger partial charge on any atom is 0.0280 e. The van der Waals surface area contributed by atoms with Crippen molar-refractivity contribution in [3.63, 3.8) is 0 Å². The van der Waals surface area contributed by atoms with Crippen molar-refractivity contribution in [3.8, 4) is 135 Å². The van der Waals surface area contributed by atoms with Gasteiger partial charge in [-0.2, -0.15) is 0 Å². The Kier molecular flexibility index (Phi) is 34.7. The van der Waals surface area contributed by atoms with Crippen LogP contribution < -0.4 is 0 Å². The van der Waals surface area contributed by atoms with Crippen molar-refractivity contribution in [1.82, 2.24) is 39.9 Å². The standard InChI is InChI=1S/C19H16N.2C18H14N.C17H12N.4C13H12N.4Ir/c1-14-12-19(20-13-15(14)2)18-10-8-17(9-11-18)16-6-4-3-5-7-16;2*1-14-7-12-18(19-13-14)17-10-8-16(9-11-17)15-5-3-2-4-6-15;1-2-6-14(7-3-1)15-9-11-16(12-10-15)17-8-4-5-13-18-17;4*1-10-8-13(14-9-11(10)2)12-6-4-3-5-7-12;;;;/h3-10,12-13H,1-2H3;2*2-10,12-13H,1H3;1-11,13H;4*3-6,8-9H,1-2H3;;;;/q8*-1;;;;/i;1D3;;;4*2D3;;;;. The summed E-state index contributed by atoms with van der Waals surface area (Å²) in [5.41, 5.74) is 31.4. The third kappa shape index (κ3) is 32.1. The van der Waals surface area contributed by atoms with Gasteiger partial charge in [0.1, 0.15) is 0 Å². The van der Waals surface area contributed by atoms with E-state index >= 15 is 0 Å². The van der Waals surface area contributed by atoms with Crippen LogP contribution >= 0.6 is 0 Å². The second-order valence-electron chi connectivity index (χ2n) is 30.6. The van der Waals surface area contributed by atoms with Crippen LogP contribution in [0.4, 0.5) is 0 Å². The molecule has 684 valence electrons. The number of aryl methyl sites for hydroxylation is 12. The molecule has 0 saturated carbocycles. The van der Waals surface area contributed by atoms with Crippen LogP contribution in [-0.2, 0) is 80.4 Å². The van der Waals surface area contributed by atoms with Crippen molar-refractivity contribution in [2.45, 2.75) is 82.7 Å². The first kappa shape index (κ1) is 85.4. The number of rotatable bonds is 12. The minimum absolute atomic E-state index is 0. The summed E-state index contributed by atoms with van der Waals surface area (Å²) in [7, 11) is 0. The monoisotopic (exact) mass is 2490 g/mol. The Bertz CT molecular complexity index is 7080. The molecule has 0 amide bonds. The molecule has 0 aliphatic heterocycles. The van der Waals surface area contributed by atoms with Crippen molar-refractivity contribution in [1.29, 1.82) is 0 Å². The summed E-state index contributed by atoms with van der Waals surface area (Å²) >= 11 is 0. The van der Waals surface area contributed by atoms with Gasteiger partial charge in [-0.25, -0.2) is 0 Å². The number of pyridine rings is 8. The van der Waals surface area contributed by atoms with E-state index in [9.17, 15) is 0 Å². The number of hydrogen-bond acceptors (Lipinski definition) is 8. The van der Waals surface area contributed by atoms with Crippen molar-refractivity contribution >= 4 is 0 Å². The van der Waals surface area contributed by atoms with Crippen LogP contribution in [0.5, 0.6) is 0 Å². The Balaban J connectivity index is 0.000000191. The average molecular weight is 2490 g/mol. The number of nitrogens with zero attached hydrogens (tertiary/aromatic N) is 8. The molecule has 0 spiro atoms. The molecule has 0 aliphatic rings. The van der Waals surface area contributed by atoms with E-state index in [2.05, 4.69) is 187 Å². The first-order valence-electron chi connectivity index (χ1n) is 50.3. The second-order valence-corrected chi connectivity index (χ2v) is 30.6. The van der Waals surface area contributed by atoms with Crippen LogP contribution in [0.2, 0.25) is 0 Å². The number of aromatic nitrogens is 8. The van der Waals surface area contributed by atoms with E-state index in [-0.39, 0.29) is 86.0 Å². The molecule has 136 heavy (non-hydrogen) atoms. The first-order chi connectivity index (χ1) is 70.5. The summed E-state index contributed by atoms with van der Waals surface area (Å²) in [4.78, 5) is 34.2. The van der Waals surface area contributed by atoms with Crippen LogP contribution in [0.1, 0.15) is 87.3 Å². The molecule has 12 aromatic carbocycles. The molecule has 0 saturated heterocycles. The van der Waals surface area contributed by atoms with Gasteiger partial charge in [0.15, 0.2) is 0 Å². The molecule has 8 aromatic heterocycles. The van der Waals surface area contributed by atoms with Crippen molar-refractivity contribution in [2.75, 3.05) is 0 Å². The Morgan fingerprint density at radius 3 is 0.640 bits per heavy atom. The second kappa shape index (κ2) is 55.3. The number of hydrogen-bond donors (Lipinski definition) is 0. The quantitative estimate of drug-likeness (QED) is 0.111. The van der Waals surface area contributed by atoms with Crippen molar-refractivity contribution < 1.29 is 101 Å². The van der Waals surface area contributed by atoms with E-state index < -0.39 is 34.3 Å². The van der Waals surface area contributed by atoms with Crippen molar-refractivity contribution in [3.05, 3.63) is 529 Å². The molecule has 20 rings (SSSR count). The molecule has 20 aromatic rings. The first-order valence-corrected chi connectivity index (χ1v) is 42.8. The van der Waals surface area contributed by atoms with E-state index in [1.807, 2.05) is 262 Å². The Labute approximate surface area is 880 Å². The fourth-order valence-corrected chi connectivity index (χ4v) is 13.1. The SMILES string of the molecule is Cc1ccc(-c2[c-]cc(-c3ccccc3)cc2)nc1.Cc1cnc(-c2[c-]cc(-c3ccccc3)cc2)cc1C.[2H]C([2H])([2H])c1ccc(-c2[c-]cc(-c3ccccc3)cc2)nc1.[2H]C([2H])([2H])c1cnc(-c2[c-]cccc2)cc1C.[2H]C([2H])([2H])c1cnc(-c2[c-]cccc2)cc1C.[2H]C([2H])([2H])c1cnc(-c2[c-]cccc2)cc1C.[2H]C([2H])([2H])c1cnc(-c2[c-]cccc2)cc1C.[Ir].[Ir].[Ir].[Ir].[c-]1cc(-c2ccccc2)ccc1-c1ccccn1. The smallest absolute Gasteiger partial charge is 0.0280 e. The fourth-order valence-electron chi connectivity index (χ4n) is 13.1. The molecule has 0 atom stereocenters. The zero-order valence-corrected chi connectivity index (χ0v) is 85.3. The minimum atomic E-state index is -2.12. The molecule has 0 N–H and O–H groups in total. The molecule has 0 aliphatic carbocycles. The summed E-state index contributed by atoms with van der Waals surface area (Å²) in [6.45, 7) is 2.86. The molecule has 12 heteroatoms. The largest absolute Gasteiger partial charge is 0.305 e. The summed E-state index contributed by atoms with van der Waals surface area (Å²) in [5.74, 6) is 0. The van der Waals surface area contributed by atoms with Gasteiger partial charge in [-0.05, 0) is 173 Å². The maximum atomic E-state index is 7.37.